The number of benzene rings is 1. The number of anilines is 1. The van der Waals surface area contributed by atoms with Gasteiger partial charge < -0.3 is 15.5 Å². The minimum Gasteiger partial charge on any atom is -0.374 e. The van der Waals surface area contributed by atoms with Crippen LogP contribution in [0.5, 0.6) is 0 Å². The van der Waals surface area contributed by atoms with E-state index in [1.54, 1.807) is 24.3 Å². The first kappa shape index (κ1) is 27.0. The number of quaternary nitrogens is 1. The third-order valence-electron chi connectivity index (χ3n) is 7.46. The Hall–Kier alpha value is -3.03. The lowest BCUT2D eigenvalue weighted by molar-refractivity contribution is -0.948. The molecular weight excluding hydrogens is 509 g/mol. The zero-order valence-corrected chi connectivity index (χ0v) is 21.3. The highest BCUT2D eigenvalue weighted by molar-refractivity contribution is 7.22. The SMILES string of the molecule is C/C(=C(/C(=O)N(N)c1nc2ccccc2s1)C(=O)C(F)(F)F)N1CCC(C(N)=O)([NH+]2CCCCC2)CC1. The number of piperidine rings is 2. The molecule has 3 heterocycles. The van der Waals surface area contributed by atoms with Gasteiger partial charge in [0.25, 0.3) is 17.6 Å². The van der Waals surface area contributed by atoms with Crippen molar-refractivity contribution in [3.63, 3.8) is 0 Å². The van der Waals surface area contributed by atoms with Crippen LogP contribution in [0.15, 0.2) is 35.5 Å². The molecule has 4 rings (SSSR count). The number of fused-ring (bicyclic) bond motifs is 1. The van der Waals surface area contributed by atoms with Gasteiger partial charge in [-0.15, -0.1) is 0 Å². The second kappa shape index (κ2) is 10.4. The van der Waals surface area contributed by atoms with Crippen molar-refractivity contribution in [2.24, 2.45) is 11.6 Å². The van der Waals surface area contributed by atoms with Crippen LogP contribution in [0.2, 0.25) is 0 Å². The van der Waals surface area contributed by atoms with Gasteiger partial charge in [-0.25, -0.2) is 15.8 Å². The van der Waals surface area contributed by atoms with E-state index in [1.807, 2.05) is 0 Å². The molecule has 9 nitrogen and oxygen atoms in total. The number of ketones is 1. The molecule has 2 saturated heterocycles. The van der Waals surface area contributed by atoms with E-state index < -0.39 is 34.9 Å². The number of nitrogens with two attached hydrogens (primary N) is 2. The first-order valence-electron chi connectivity index (χ1n) is 12.1. The molecule has 2 aliphatic heterocycles. The van der Waals surface area contributed by atoms with Crippen molar-refractivity contribution in [2.75, 3.05) is 31.2 Å². The molecule has 0 unspecified atom stereocenters. The number of carbonyl (C=O) groups is 3. The topological polar surface area (TPSA) is 127 Å². The number of alkyl halides is 3. The Bertz CT molecular complexity index is 1200. The van der Waals surface area contributed by atoms with E-state index >= 15 is 0 Å². The number of aromatic nitrogens is 1. The number of Topliss-reactive ketones (excluding diaryl/α,β-unsaturated/α-hetero) is 1. The van der Waals surface area contributed by atoms with E-state index in [0.29, 0.717) is 28.1 Å². The monoisotopic (exact) mass is 539 g/mol. The number of nitrogens with one attached hydrogen (secondary N) is 1. The molecule has 2 amide bonds. The standard InChI is InChI=1S/C24H29F3N6O3S/c1-15(31-13-9-23(10-14-31,21(28)36)32-11-5-2-6-12-32)18(19(34)24(25,26)27)20(35)33(29)22-30-16-7-3-4-8-17(16)37-22/h3-4,7-8H,2,5-6,9-14,29H2,1H3,(H2,28,36)/p+1/b18-15-. The summed E-state index contributed by atoms with van der Waals surface area (Å²) in [5.74, 6) is 1.92. The van der Waals surface area contributed by atoms with Crippen molar-refractivity contribution < 1.29 is 32.5 Å². The Kier molecular flexibility index (Phi) is 7.58. The summed E-state index contributed by atoms with van der Waals surface area (Å²) in [4.78, 5) is 45.1. The number of hydrogen-bond acceptors (Lipinski definition) is 7. The van der Waals surface area contributed by atoms with Crippen molar-refractivity contribution in [1.29, 1.82) is 0 Å². The maximum Gasteiger partial charge on any atom is 0.455 e. The van der Waals surface area contributed by atoms with Crippen molar-refractivity contribution in [2.45, 2.75) is 50.7 Å². The number of allylic oxidation sites excluding steroid dienone is 1. The summed E-state index contributed by atoms with van der Waals surface area (Å²) in [5, 5.41) is 0.453. The summed E-state index contributed by atoms with van der Waals surface area (Å²) < 4.78 is 41.5. The number of nitrogens with zero attached hydrogens (tertiary/aromatic N) is 3. The molecule has 2 aliphatic rings. The highest BCUT2D eigenvalue weighted by Gasteiger charge is 2.50. The van der Waals surface area contributed by atoms with Crippen LogP contribution in [-0.2, 0) is 14.4 Å². The van der Waals surface area contributed by atoms with Crippen LogP contribution in [0.3, 0.4) is 0 Å². The van der Waals surface area contributed by atoms with Crippen LogP contribution in [-0.4, -0.2) is 65.4 Å². The van der Waals surface area contributed by atoms with Gasteiger partial charge in [0.05, 0.1) is 23.3 Å². The summed E-state index contributed by atoms with van der Waals surface area (Å²) in [6.45, 7) is 3.25. The number of para-hydroxylation sites is 1. The molecule has 2 aromatic rings. The van der Waals surface area contributed by atoms with Gasteiger partial charge in [0.15, 0.2) is 5.54 Å². The van der Waals surface area contributed by atoms with E-state index in [-0.39, 0.29) is 23.9 Å². The van der Waals surface area contributed by atoms with E-state index in [1.165, 1.54) is 11.8 Å². The Labute approximate surface area is 215 Å². The second-order valence-corrected chi connectivity index (χ2v) is 10.5. The minimum atomic E-state index is -5.29. The molecule has 1 aromatic carbocycles. The Morgan fingerprint density at radius 2 is 1.73 bits per heavy atom. The smallest absolute Gasteiger partial charge is 0.374 e. The number of primary amides is 1. The van der Waals surface area contributed by atoms with Crippen molar-refractivity contribution in [1.82, 2.24) is 9.88 Å². The molecule has 0 radical (unpaired) electrons. The lowest BCUT2D eigenvalue weighted by atomic mass is 9.83. The third-order valence-corrected chi connectivity index (χ3v) is 8.50. The van der Waals surface area contributed by atoms with Gasteiger partial charge >= 0.3 is 6.18 Å². The number of likely N-dealkylation sites (tertiary alicyclic amines) is 2. The molecule has 0 bridgehead atoms. The van der Waals surface area contributed by atoms with Crippen LogP contribution < -0.4 is 21.5 Å². The Morgan fingerprint density at radius 1 is 1.11 bits per heavy atom. The Morgan fingerprint density at radius 3 is 2.30 bits per heavy atom. The largest absolute Gasteiger partial charge is 0.455 e. The molecule has 0 saturated carbocycles. The van der Waals surface area contributed by atoms with E-state index in [2.05, 4.69) is 4.98 Å². The van der Waals surface area contributed by atoms with Gasteiger partial charge in [-0.3, -0.25) is 14.4 Å². The number of carbonyl (C=O) groups excluding carboxylic acids is 3. The van der Waals surface area contributed by atoms with E-state index in [0.717, 1.165) is 48.6 Å². The quantitative estimate of drug-likeness (QED) is 0.127. The molecule has 37 heavy (non-hydrogen) atoms. The highest BCUT2D eigenvalue weighted by atomic mass is 32.1. The summed E-state index contributed by atoms with van der Waals surface area (Å²) in [5.41, 5.74) is 4.32. The highest BCUT2D eigenvalue weighted by Crippen LogP contribution is 2.32. The molecule has 5 N–H and O–H groups in total. The fraction of sp³-hybridized carbons (Fsp3) is 0.500. The van der Waals surface area contributed by atoms with E-state index in [9.17, 15) is 27.6 Å². The van der Waals surface area contributed by atoms with Crippen molar-refractivity contribution >= 4 is 44.3 Å². The van der Waals surface area contributed by atoms with Crippen LogP contribution >= 0.6 is 11.3 Å². The van der Waals surface area contributed by atoms with Crippen LogP contribution in [0.4, 0.5) is 18.3 Å². The number of rotatable bonds is 6. The van der Waals surface area contributed by atoms with Gasteiger partial charge in [-0.1, -0.05) is 23.5 Å². The maximum atomic E-state index is 13.6. The molecule has 200 valence electrons. The minimum absolute atomic E-state index is 0.0356. The predicted octanol–water partition coefficient (Wildman–Crippen LogP) is 1.30. The van der Waals surface area contributed by atoms with Gasteiger partial charge in [0.2, 0.25) is 5.13 Å². The van der Waals surface area contributed by atoms with Gasteiger partial charge in [0, 0.05) is 31.6 Å². The average Bonchev–Trinajstić information content (AvgIpc) is 3.32. The number of hydrogen-bond donors (Lipinski definition) is 3. The average molecular weight is 540 g/mol. The summed E-state index contributed by atoms with van der Waals surface area (Å²) in [6.07, 6.45) is -1.64. The van der Waals surface area contributed by atoms with Gasteiger partial charge in [-0.2, -0.15) is 13.2 Å². The van der Waals surface area contributed by atoms with Gasteiger partial charge in [0.1, 0.15) is 5.57 Å². The molecule has 0 aliphatic carbocycles. The predicted molar refractivity (Wildman–Crippen MR) is 132 cm³/mol. The van der Waals surface area contributed by atoms with Crippen LogP contribution in [0.25, 0.3) is 10.2 Å². The third kappa shape index (κ3) is 5.20. The maximum absolute atomic E-state index is 13.6. The normalized spacial score (nSPS) is 19.4. The molecule has 0 atom stereocenters. The number of hydrazine groups is 1. The molecule has 13 heteroatoms. The summed E-state index contributed by atoms with van der Waals surface area (Å²) in [6, 6.07) is 6.90. The second-order valence-electron chi connectivity index (χ2n) is 9.52. The lowest BCUT2D eigenvalue weighted by Gasteiger charge is -2.46. The summed E-state index contributed by atoms with van der Waals surface area (Å²) in [7, 11) is 0. The van der Waals surface area contributed by atoms with Crippen LogP contribution in [0.1, 0.15) is 39.0 Å². The fourth-order valence-electron chi connectivity index (χ4n) is 5.34. The number of halogens is 3. The van der Waals surface area contributed by atoms with Gasteiger partial charge in [-0.05, 0) is 38.3 Å². The fourth-order valence-corrected chi connectivity index (χ4v) is 6.23. The Balaban J connectivity index is 1.64. The summed E-state index contributed by atoms with van der Waals surface area (Å²) >= 11 is 1.02. The van der Waals surface area contributed by atoms with E-state index in [4.69, 9.17) is 11.6 Å². The van der Waals surface area contributed by atoms with Crippen molar-refractivity contribution in [3.05, 3.63) is 35.5 Å². The van der Waals surface area contributed by atoms with Crippen LogP contribution in [0, 0.1) is 0 Å². The van der Waals surface area contributed by atoms with Crippen molar-refractivity contribution in [3.8, 4) is 0 Å². The zero-order chi connectivity index (χ0) is 27.0. The first-order valence-corrected chi connectivity index (χ1v) is 12.9. The molecule has 2 fully saturated rings. The molecular formula is C24H30F3N6O3S+. The zero-order valence-electron chi connectivity index (χ0n) is 20.4. The molecule has 1 aromatic heterocycles. The first-order chi connectivity index (χ1) is 17.5. The number of thiazole rings is 1. The number of amides is 2. The molecule has 0 spiro atoms. The lowest BCUT2D eigenvalue weighted by Crippen LogP contribution is -3.22.